The van der Waals surface area contributed by atoms with E-state index in [-0.39, 0.29) is 0 Å². The standard InChI is InChI=1S/C9H17N/c1-7-5-6-10-9(7)8-3-2-4-8/h7-10H,2-6H2,1H3. The van der Waals surface area contributed by atoms with Gasteiger partial charge in [-0.25, -0.2) is 0 Å². The van der Waals surface area contributed by atoms with Gasteiger partial charge in [-0.15, -0.1) is 0 Å². The molecule has 0 aromatic carbocycles. The summed E-state index contributed by atoms with van der Waals surface area (Å²) < 4.78 is 0. The third-order valence-corrected chi connectivity index (χ3v) is 3.25. The van der Waals surface area contributed by atoms with Gasteiger partial charge >= 0.3 is 0 Å². The van der Waals surface area contributed by atoms with E-state index < -0.39 is 0 Å². The highest BCUT2D eigenvalue weighted by molar-refractivity contribution is 4.90. The van der Waals surface area contributed by atoms with Gasteiger partial charge in [-0.2, -0.15) is 0 Å². The van der Waals surface area contributed by atoms with Gasteiger partial charge in [0.25, 0.3) is 0 Å². The van der Waals surface area contributed by atoms with Crippen molar-refractivity contribution in [3.05, 3.63) is 0 Å². The van der Waals surface area contributed by atoms with E-state index in [1.807, 2.05) is 0 Å². The second-order valence-corrected chi connectivity index (χ2v) is 3.94. The molecule has 1 saturated carbocycles. The van der Waals surface area contributed by atoms with E-state index in [1.165, 1.54) is 32.2 Å². The fraction of sp³-hybridized carbons (Fsp3) is 1.00. The molecule has 2 rings (SSSR count). The summed E-state index contributed by atoms with van der Waals surface area (Å²) in [6.45, 7) is 3.66. The minimum Gasteiger partial charge on any atom is -0.313 e. The first-order chi connectivity index (χ1) is 4.88. The van der Waals surface area contributed by atoms with Crippen molar-refractivity contribution in [1.82, 2.24) is 5.32 Å². The Hall–Kier alpha value is -0.0400. The molecule has 1 heteroatoms. The summed E-state index contributed by atoms with van der Waals surface area (Å²) in [7, 11) is 0. The van der Waals surface area contributed by atoms with Crippen molar-refractivity contribution in [2.75, 3.05) is 6.54 Å². The third kappa shape index (κ3) is 0.968. The van der Waals surface area contributed by atoms with E-state index in [4.69, 9.17) is 0 Å². The van der Waals surface area contributed by atoms with Crippen LogP contribution in [0.3, 0.4) is 0 Å². The predicted molar refractivity (Wildman–Crippen MR) is 42.9 cm³/mol. The molecular formula is C9H17N. The Morgan fingerprint density at radius 3 is 2.40 bits per heavy atom. The minimum atomic E-state index is 0.883. The third-order valence-electron chi connectivity index (χ3n) is 3.25. The summed E-state index contributed by atoms with van der Waals surface area (Å²) in [6, 6.07) is 0.883. The maximum Gasteiger partial charge on any atom is 0.0121 e. The predicted octanol–water partition coefficient (Wildman–Crippen LogP) is 1.78. The molecule has 1 heterocycles. The lowest BCUT2D eigenvalue weighted by Crippen LogP contribution is -2.37. The van der Waals surface area contributed by atoms with Crippen molar-refractivity contribution in [1.29, 1.82) is 0 Å². The minimum absolute atomic E-state index is 0.883. The van der Waals surface area contributed by atoms with Crippen molar-refractivity contribution >= 4 is 0 Å². The first-order valence-corrected chi connectivity index (χ1v) is 4.61. The largest absolute Gasteiger partial charge is 0.313 e. The fourth-order valence-corrected chi connectivity index (χ4v) is 2.29. The van der Waals surface area contributed by atoms with Crippen molar-refractivity contribution in [3.8, 4) is 0 Å². The monoisotopic (exact) mass is 139 g/mol. The van der Waals surface area contributed by atoms with Crippen molar-refractivity contribution in [2.45, 2.75) is 38.6 Å². The lowest BCUT2D eigenvalue weighted by Gasteiger charge is -2.33. The van der Waals surface area contributed by atoms with Gasteiger partial charge in [0, 0.05) is 6.04 Å². The Morgan fingerprint density at radius 1 is 1.20 bits per heavy atom. The molecule has 0 aromatic rings. The maximum atomic E-state index is 3.61. The first-order valence-electron chi connectivity index (χ1n) is 4.61. The normalized spacial score (nSPS) is 41.7. The van der Waals surface area contributed by atoms with Gasteiger partial charge < -0.3 is 5.32 Å². The second-order valence-electron chi connectivity index (χ2n) is 3.94. The van der Waals surface area contributed by atoms with E-state index in [0.29, 0.717) is 0 Å². The smallest absolute Gasteiger partial charge is 0.0121 e. The van der Waals surface area contributed by atoms with Gasteiger partial charge in [0.1, 0.15) is 0 Å². The van der Waals surface area contributed by atoms with Crippen LogP contribution in [0.1, 0.15) is 32.6 Å². The molecule has 2 aliphatic rings. The molecule has 10 heavy (non-hydrogen) atoms. The molecule has 1 aliphatic carbocycles. The molecule has 1 saturated heterocycles. The van der Waals surface area contributed by atoms with Crippen LogP contribution in [0.25, 0.3) is 0 Å². The van der Waals surface area contributed by atoms with Crippen LogP contribution in [0.15, 0.2) is 0 Å². The number of nitrogens with one attached hydrogen (secondary N) is 1. The molecule has 2 unspecified atom stereocenters. The van der Waals surface area contributed by atoms with Gasteiger partial charge in [-0.05, 0) is 37.6 Å². The molecule has 2 fully saturated rings. The average molecular weight is 139 g/mol. The van der Waals surface area contributed by atoms with Gasteiger partial charge in [0.05, 0.1) is 0 Å². The quantitative estimate of drug-likeness (QED) is 0.584. The van der Waals surface area contributed by atoms with Gasteiger partial charge in [-0.1, -0.05) is 13.3 Å². The van der Waals surface area contributed by atoms with Crippen LogP contribution in [0.2, 0.25) is 0 Å². The summed E-state index contributed by atoms with van der Waals surface area (Å²) in [5.41, 5.74) is 0. The molecule has 0 bridgehead atoms. The van der Waals surface area contributed by atoms with Crippen LogP contribution in [0, 0.1) is 11.8 Å². The van der Waals surface area contributed by atoms with Crippen molar-refractivity contribution in [2.24, 2.45) is 11.8 Å². The molecule has 0 radical (unpaired) electrons. The molecule has 2 atom stereocenters. The highest BCUT2D eigenvalue weighted by atomic mass is 15.0. The van der Waals surface area contributed by atoms with Crippen LogP contribution in [-0.4, -0.2) is 12.6 Å². The van der Waals surface area contributed by atoms with Crippen LogP contribution in [0.4, 0.5) is 0 Å². The number of hydrogen-bond donors (Lipinski definition) is 1. The molecule has 0 aromatic heterocycles. The zero-order valence-electron chi connectivity index (χ0n) is 6.77. The summed E-state index contributed by atoms with van der Waals surface area (Å²) in [4.78, 5) is 0. The van der Waals surface area contributed by atoms with Crippen molar-refractivity contribution < 1.29 is 0 Å². The van der Waals surface area contributed by atoms with Crippen LogP contribution < -0.4 is 5.32 Å². The lowest BCUT2D eigenvalue weighted by molar-refractivity contribution is 0.215. The average Bonchev–Trinajstić information content (AvgIpc) is 2.12. The zero-order valence-corrected chi connectivity index (χ0v) is 6.77. The van der Waals surface area contributed by atoms with E-state index in [2.05, 4.69) is 12.2 Å². The molecular weight excluding hydrogens is 122 g/mol. The summed E-state index contributed by atoms with van der Waals surface area (Å²) >= 11 is 0. The Morgan fingerprint density at radius 2 is 2.00 bits per heavy atom. The second kappa shape index (κ2) is 2.54. The molecule has 0 amide bonds. The van der Waals surface area contributed by atoms with Gasteiger partial charge in [0.2, 0.25) is 0 Å². The molecule has 1 aliphatic heterocycles. The highest BCUT2D eigenvalue weighted by Crippen LogP contribution is 2.35. The maximum absolute atomic E-state index is 3.61. The topological polar surface area (TPSA) is 12.0 Å². The Kier molecular flexibility index (Phi) is 1.69. The summed E-state index contributed by atoms with van der Waals surface area (Å²) in [5, 5.41) is 3.61. The number of rotatable bonds is 1. The first kappa shape index (κ1) is 6.66. The van der Waals surface area contributed by atoms with E-state index >= 15 is 0 Å². The van der Waals surface area contributed by atoms with Crippen LogP contribution in [0.5, 0.6) is 0 Å². The lowest BCUT2D eigenvalue weighted by atomic mass is 9.76. The van der Waals surface area contributed by atoms with E-state index in [0.717, 1.165) is 17.9 Å². The van der Waals surface area contributed by atoms with E-state index in [9.17, 15) is 0 Å². The summed E-state index contributed by atoms with van der Waals surface area (Å²) in [6.07, 6.45) is 5.86. The zero-order chi connectivity index (χ0) is 6.97. The number of hydrogen-bond acceptors (Lipinski definition) is 1. The molecule has 0 spiro atoms. The van der Waals surface area contributed by atoms with Gasteiger partial charge in [-0.3, -0.25) is 0 Å². The Labute approximate surface area is 63.2 Å². The fourth-order valence-electron chi connectivity index (χ4n) is 2.29. The van der Waals surface area contributed by atoms with Crippen LogP contribution >= 0.6 is 0 Å². The molecule has 58 valence electrons. The Bertz CT molecular complexity index is 118. The van der Waals surface area contributed by atoms with E-state index in [1.54, 1.807) is 0 Å². The van der Waals surface area contributed by atoms with Crippen LogP contribution in [-0.2, 0) is 0 Å². The Balaban J connectivity index is 1.90. The molecule has 1 N–H and O–H groups in total. The SMILES string of the molecule is CC1CCNC1C1CCC1. The molecule has 1 nitrogen and oxygen atoms in total. The highest BCUT2D eigenvalue weighted by Gasteiger charge is 2.33. The summed E-state index contributed by atoms with van der Waals surface area (Å²) in [5.74, 6) is 1.99. The van der Waals surface area contributed by atoms with Crippen molar-refractivity contribution in [3.63, 3.8) is 0 Å². The van der Waals surface area contributed by atoms with Gasteiger partial charge in [0.15, 0.2) is 0 Å².